The number of rotatable bonds is 3. The second kappa shape index (κ2) is 6.55. The minimum absolute atomic E-state index is 0.246. The Labute approximate surface area is 140 Å². The van der Waals surface area contributed by atoms with Crippen LogP contribution in [0.3, 0.4) is 0 Å². The Bertz CT molecular complexity index is 839. The highest BCUT2D eigenvalue weighted by molar-refractivity contribution is 6.00. The van der Waals surface area contributed by atoms with E-state index in [0.29, 0.717) is 12.1 Å². The zero-order chi connectivity index (χ0) is 17.1. The summed E-state index contributed by atoms with van der Waals surface area (Å²) in [6.07, 6.45) is -0.0957. The third-order valence-electron chi connectivity index (χ3n) is 4.01. The van der Waals surface area contributed by atoms with Crippen molar-refractivity contribution < 1.29 is 14.3 Å². The number of amides is 1. The zero-order valence-electron chi connectivity index (χ0n) is 13.2. The fraction of sp³-hybridized carbons (Fsp3) is 0.211. The molecule has 0 saturated carbocycles. The molecule has 3 rings (SSSR count). The molecule has 0 fully saturated rings. The highest BCUT2D eigenvalue weighted by Crippen LogP contribution is 2.28. The molecule has 2 aromatic carbocycles. The summed E-state index contributed by atoms with van der Waals surface area (Å²) < 4.78 is 5.29. The summed E-state index contributed by atoms with van der Waals surface area (Å²) >= 11 is 0. The summed E-state index contributed by atoms with van der Waals surface area (Å²) in [4.78, 5) is 26.4. The second-order valence-electron chi connectivity index (χ2n) is 5.61. The second-order valence-corrected chi connectivity index (χ2v) is 5.61. The number of hydrogen-bond donors (Lipinski definition) is 0. The minimum atomic E-state index is -0.894. The molecular weight excluding hydrogens is 304 g/mol. The first kappa shape index (κ1) is 15.8. The van der Waals surface area contributed by atoms with E-state index in [0.717, 1.165) is 17.7 Å². The van der Waals surface area contributed by atoms with Crippen LogP contribution in [-0.2, 0) is 16.0 Å². The predicted octanol–water partition coefficient (Wildman–Crippen LogP) is 2.69. The molecule has 1 aliphatic rings. The van der Waals surface area contributed by atoms with Crippen molar-refractivity contribution in [3.63, 3.8) is 0 Å². The number of nitrogens with zero attached hydrogens (tertiary/aromatic N) is 2. The molecule has 120 valence electrons. The summed E-state index contributed by atoms with van der Waals surface area (Å²) in [7, 11) is 0. The van der Waals surface area contributed by atoms with Crippen molar-refractivity contribution in [3.05, 3.63) is 65.2 Å². The van der Waals surface area contributed by atoms with Crippen LogP contribution < -0.4 is 4.90 Å². The molecule has 2 aromatic rings. The van der Waals surface area contributed by atoms with Gasteiger partial charge in [0, 0.05) is 12.2 Å². The van der Waals surface area contributed by atoms with E-state index in [9.17, 15) is 9.59 Å². The third-order valence-corrected chi connectivity index (χ3v) is 4.01. The highest BCUT2D eigenvalue weighted by Gasteiger charge is 2.29. The van der Waals surface area contributed by atoms with E-state index in [1.807, 2.05) is 30.3 Å². The predicted molar refractivity (Wildman–Crippen MR) is 88.5 cm³/mol. The Kier molecular flexibility index (Phi) is 4.30. The summed E-state index contributed by atoms with van der Waals surface area (Å²) in [6.45, 7) is 2.15. The molecule has 1 atom stereocenters. The number of fused-ring (bicyclic) bond motifs is 1. The quantitative estimate of drug-likeness (QED) is 0.815. The van der Waals surface area contributed by atoms with Crippen LogP contribution in [-0.4, -0.2) is 24.5 Å². The van der Waals surface area contributed by atoms with Crippen LogP contribution in [0.4, 0.5) is 5.69 Å². The number of nitriles is 1. The van der Waals surface area contributed by atoms with E-state index in [2.05, 4.69) is 0 Å². The van der Waals surface area contributed by atoms with E-state index in [4.69, 9.17) is 10.00 Å². The van der Waals surface area contributed by atoms with Crippen molar-refractivity contribution in [2.24, 2.45) is 0 Å². The lowest BCUT2D eigenvalue weighted by Crippen LogP contribution is -2.39. The van der Waals surface area contributed by atoms with Gasteiger partial charge in [0.25, 0.3) is 5.91 Å². The van der Waals surface area contributed by atoms with E-state index in [-0.39, 0.29) is 11.5 Å². The van der Waals surface area contributed by atoms with Crippen molar-refractivity contribution >= 4 is 17.6 Å². The van der Waals surface area contributed by atoms with Crippen LogP contribution in [0.2, 0.25) is 0 Å². The smallest absolute Gasteiger partial charge is 0.338 e. The molecule has 5 heteroatoms. The Morgan fingerprint density at radius 3 is 2.79 bits per heavy atom. The lowest BCUT2D eigenvalue weighted by atomic mass is 10.1. The minimum Gasteiger partial charge on any atom is -0.449 e. The number of esters is 1. The first-order valence-electron chi connectivity index (χ1n) is 7.70. The normalized spacial score (nSPS) is 13.8. The number of carbonyl (C=O) groups excluding carboxylic acids is 2. The Morgan fingerprint density at radius 2 is 2.00 bits per heavy atom. The van der Waals surface area contributed by atoms with E-state index >= 15 is 0 Å². The Hall–Kier alpha value is -3.13. The van der Waals surface area contributed by atoms with Crippen LogP contribution in [0.5, 0.6) is 0 Å². The number of para-hydroxylation sites is 1. The molecule has 5 nitrogen and oxygen atoms in total. The standard InChI is InChI=1S/C19H16N2O3/c1-13(24-19(23)16-7-4-5-14(11-16)12-20)18(22)21-10-9-15-6-2-3-8-17(15)21/h2-8,11,13H,9-10H2,1H3. The van der Waals surface area contributed by atoms with Gasteiger partial charge in [0.15, 0.2) is 6.10 Å². The maximum absolute atomic E-state index is 12.6. The average Bonchev–Trinajstić information content (AvgIpc) is 3.05. The maximum Gasteiger partial charge on any atom is 0.338 e. The number of anilines is 1. The molecule has 0 saturated heterocycles. The van der Waals surface area contributed by atoms with Gasteiger partial charge in [0.05, 0.1) is 17.2 Å². The van der Waals surface area contributed by atoms with Crippen LogP contribution in [0, 0.1) is 11.3 Å². The number of hydrogen-bond acceptors (Lipinski definition) is 4. The molecule has 1 unspecified atom stereocenters. The lowest BCUT2D eigenvalue weighted by molar-refractivity contribution is -0.126. The number of ether oxygens (including phenoxy) is 1. The maximum atomic E-state index is 12.6. The Morgan fingerprint density at radius 1 is 1.21 bits per heavy atom. The van der Waals surface area contributed by atoms with Crippen LogP contribution in [0.25, 0.3) is 0 Å². The van der Waals surface area contributed by atoms with Crippen molar-refractivity contribution in [3.8, 4) is 6.07 Å². The van der Waals surface area contributed by atoms with Crippen molar-refractivity contribution in [2.75, 3.05) is 11.4 Å². The summed E-state index contributed by atoms with van der Waals surface area (Å²) in [6, 6.07) is 15.9. The van der Waals surface area contributed by atoms with Crippen LogP contribution in [0.15, 0.2) is 48.5 Å². The van der Waals surface area contributed by atoms with E-state index in [1.165, 1.54) is 6.07 Å². The van der Waals surface area contributed by atoms with Crippen molar-refractivity contribution in [1.29, 1.82) is 5.26 Å². The van der Waals surface area contributed by atoms with Crippen molar-refractivity contribution in [1.82, 2.24) is 0 Å². The van der Waals surface area contributed by atoms with Crippen LogP contribution in [0.1, 0.15) is 28.4 Å². The van der Waals surface area contributed by atoms with Gasteiger partial charge in [0.1, 0.15) is 0 Å². The average molecular weight is 320 g/mol. The van der Waals surface area contributed by atoms with Crippen LogP contribution >= 0.6 is 0 Å². The van der Waals surface area contributed by atoms with Gasteiger partial charge in [-0.1, -0.05) is 24.3 Å². The zero-order valence-corrected chi connectivity index (χ0v) is 13.2. The fourth-order valence-corrected chi connectivity index (χ4v) is 2.78. The van der Waals surface area contributed by atoms with Gasteiger partial charge in [-0.3, -0.25) is 4.79 Å². The molecule has 0 aromatic heterocycles. The molecule has 0 bridgehead atoms. The first-order chi connectivity index (χ1) is 11.6. The van der Waals surface area contributed by atoms with E-state index < -0.39 is 12.1 Å². The monoisotopic (exact) mass is 320 g/mol. The third kappa shape index (κ3) is 2.99. The fourth-order valence-electron chi connectivity index (χ4n) is 2.78. The van der Waals surface area contributed by atoms with Gasteiger partial charge in [0.2, 0.25) is 0 Å². The van der Waals surface area contributed by atoms with E-state index in [1.54, 1.807) is 30.0 Å². The summed E-state index contributed by atoms with van der Waals surface area (Å²) in [5, 5.41) is 8.89. The van der Waals surface area contributed by atoms with Gasteiger partial charge in [-0.2, -0.15) is 5.26 Å². The summed E-state index contributed by atoms with van der Waals surface area (Å²) in [5.74, 6) is -0.856. The molecule has 1 aliphatic heterocycles. The number of carbonyl (C=O) groups is 2. The topological polar surface area (TPSA) is 70.4 Å². The molecule has 0 spiro atoms. The van der Waals surface area contributed by atoms with Crippen molar-refractivity contribution in [2.45, 2.75) is 19.4 Å². The van der Waals surface area contributed by atoms with Gasteiger partial charge < -0.3 is 9.64 Å². The molecule has 0 radical (unpaired) electrons. The molecule has 1 amide bonds. The van der Waals surface area contributed by atoms with Gasteiger partial charge >= 0.3 is 5.97 Å². The molecule has 0 N–H and O–H groups in total. The molecule has 0 aliphatic carbocycles. The summed E-state index contributed by atoms with van der Waals surface area (Å²) in [5.41, 5.74) is 2.62. The molecule has 1 heterocycles. The first-order valence-corrected chi connectivity index (χ1v) is 7.70. The molecule has 24 heavy (non-hydrogen) atoms. The van der Waals surface area contributed by atoms with Gasteiger partial charge in [-0.15, -0.1) is 0 Å². The molecular formula is C19H16N2O3. The lowest BCUT2D eigenvalue weighted by Gasteiger charge is -2.21. The highest BCUT2D eigenvalue weighted by atomic mass is 16.5. The number of benzene rings is 2. The van der Waals surface area contributed by atoms with Gasteiger partial charge in [-0.05, 0) is 43.2 Å². The largest absolute Gasteiger partial charge is 0.449 e. The SMILES string of the molecule is CC(OC(=O)c1cccc(C#N)c1)C(=O)N1CCc2ccccc21. The van der Waals surface area contributed by atoms with Gasteiger partial charge in [-0.25, -0.2) is 4.79 Å². The Balaban J connectivity index is 1.71.